The fourth-order valence-corrected chi connectivity index (χ4v) is 4.05. The van der Waals surface area contributed by atoms with Crippen LogP contribution in [0.25, 0.3) is 0 Å². The predicted octanol–water partition coefficient (Wildman–Crippen LogP) is 3.65. The zero-order valence-corrected chi connectivity index (χ0v) is 15.3. The monoisotopic (exact) mass is 448 g/mol. The number of sulfonamides is 1. The Balaban J connectivity index is 2.49. The van der Waals surface area contributed by atoms with Gasteiger partial charge in [0.2, 0.25) is 0 Å². The van der Waals surface area contributed by atoms with E-state index in [1.54, 1.807) is 36.4 Å². The minimum absolute atomic E-state index is 0.0317. The van der Waals surface area contributed by atoms with Crippen LogP contribution in [0.3, 0.4) is 0 Å². The molecule has 2 aromatic carbocycles. The van der Waals surface area contributed by atoms with E-state index in [2.05, 4.69) is 36.6 Å². The zero-order chi connectivity index (χ0) is 15.6. The maximum absolute atomic E-state index is 12.5. The van der Waals surface area contributed by atoms with E-state index in [0.29, 0.717) is 15.7 Å². The largest absolute Gasteiger partial charge is 0.389 e. The molecule has 0 amide bonds. The average Bonchev–Trinajstić information content (AvgIpc) is 2.42. The molecule has 0 aliphatic carbocycles. The Labute approximate surface area is 145 Å². The third-order valence-corrected chi connectivity index (χ3v) is 5.44. The summed E-state index contributed by atoms with van der Waals surface area (Å²) < 4.78 is 29.0. The summed E-state index contributed by atoms with van der Waals surface area (Å²) in [4.78, 5) is 0.0775. The molecule has 0 heterocycles. The van der Waals surface area contributed by atoms with Gasteiger partial charge in [0.05, 0.1) is 10.6 Å². The van der Waals surface area contributed by atoms with Gasteiger partial charge in [-0.15, -0.1) is 0 Å². The maximum atomic E-state index is 12.5. The lowest BCUT2D eigenvalue weighted by Gasteiger charge is -2.13. The molecular weight excluding hydrogens is 440 g/mol. The second-order valence-corrected chi connectivity index (χ2v) is 7.95. The van der Waals surface area contributed by atoms with E-state index >= 15 is 0 Å². The van der Waals surface area contributed by atoms with Gasteiger partial charge in [-0.1, -0.05) is 46.3 Å². The molecule has 0 bridgehead atoms. The molecule has 0 aliphatic heterocycles. The van der Waals surface area contributed by atoms with Crippen molar-refractivity contribution in [3.05, 3.63) is 57.0 Å². The number of hydrogen-bond acceptors (Lipinski definition) is 3. The van der Waals surface area contributed by atoms with Crippen molar-refractivity contribution in [2.45, 2.75) is 4.90 Å². The quantitative estimate of drug-likeness (QED) is 0.698. The number of anilines is 1. The first-order valence-electron chi connectivity index (χ1n) is 5.68. The molecule has 3 N–H and O–H groups in total. The van der Waals surface area contributed by atoms with Crippen LogP contribution in [0.2, 0.25) is 0 Å². The van der Waals surface area contributed by atoms with Crippen molar-refractivity contribution in [3.63, 3.8) is 0 Å². The molecule has 0 aromatic heterocycles. The van der Waals surface area contributed by atoms with Crippen LogP contribution in [0.15, 0.2) is 56.3 Å². The Morgan fingerprint density at radius 1 is 1.14 bits per heavy atom. The van der Waals surface area contributed by atoms with E-state index in [9.17, 15) is 8.42 Å². The molecule has 0 saturated heterocycles. The number of nitrogens with two attached hydrogens (primary N) is 1. The Kier molecular flexibility index (Phi) is 5.03. The number of rotatable bonds is 4. The smallest absolute Gasteiger partial charge is 0.262 e. The standard InChI is InChI=1S/C13H10Br2N2O2S2/c14-8-5-6-10(15)11(7-8)17-21(18,19)12-4-2-1-3-9(12)13(16)20/h1-7,17H,(H2,16,20). The molecule has 0 saturated carbocycles. The second kappa shape index (κ2) is 6.43. The molecule has 0 aliphatic rings. The van der Waals surface area contributed by atoms with Crippen LogP contribution in [0.5, 0.6) is 0 Å². The number of thiocarbonyl (C=S) groups is 1. The van der Waals surface area contributed by atoms with Crippen LogP contribution in [-0.2, 0) is 10.0 Å². The van der Waals surface area contributed by atoms with Gasteiger partial charge in [-0.25, -0.2) is 8.42 Å². The Morgan fingerprint density at radius 3 is 2.48 bits per heavy atom. The van der Waals surface area contributed by atoms with Crippen molar-refractivity contribution in [2.75, 3.05) is 4.72 Å². The number of halogens is 2. The van der Waals surface area contributed by atoms with Crippen LogP contribution in [0, 0.1) is 0 Å². The average molecular weight is 450 g/mol. The summed E-state index contributed by atoms with van der Waals surface area (Å²) in [5.41, 5.74) is 6.31. The van der Waals surface area contributed by atoms with Gasteiger partial charge in [0.15, 0.2) is 0 Å². The van der Waals surface area contributed by atoms with E-state index in [4.69, 9.17) is 18.0 Å². The lowest BCUT2D eigenvalue weighted by molar-refractivity contribution is 0.601. The fraction of sp³-hybridized carbons (Fsp3) is 0. The van der Waals surface area contributed by atoms with Gasteiger partial charge in [-0.3, -0.25) is 4.72 Å². The Hall–Kier alpha value is -0.960. The van der Waals surface area contributed by atoms with Crippen LogP contribution in [-0.4, -0.2) is 13.4 Å². The molecule has 0 atom stereocenters. The lowest BCUT2D eigenvalue weighted by Crippen LogP contribution is -2.19. The first-order valence-corrected chi connectivity index (χ1v) is 9.16. The summed E-state index contributed by atoms with van der Waals surface area (Å²) in [5.74, 6) is 0. The van der Waals surface area contributed by atoms with Gasteiger partial charge in [0.25, 0.3) is 10.0 Å². The van der Waals surface area contributed by atoms with Crippen molar-refractivity contribution in [3.8, 4) is 0 Å². The van der Waals surface area contributed by atoms with Crippen molar-refractivity contribution < 1.29 is 8.42 Å². The highest BCUT2D eigenvalue weighted by molar-refractivity contribution is 9.11. The molecule has 21 heavy (non-hydrogen) atoms. The van der Waals surface area contributed by atoms with Gasteiger partial charge in [-0.2, -0.15) is 0 Å². The molecule has 0 unspecified atom stereocenters. The van der Waals surface area contributed by atoms with Crippen LogP contribution >= 0.6 is 44.1 Å². The highest BCUT2D eigenvalue weighted by Gasteiger charge is 2.20. The predicted molar refractivity (Wildman–Crippen MR) is 95.0 cm³/mol. The van der Waals surface area contributed by atoms with E-state index in [0.717, 1.165) is 4.47 Å². The SMILES string of the molecule is NC(=S)c1ccccc1S(=O)(=O)Nc1cc(Br)ccc1Br. The lowest BCUT2D eigenvalue weighted by atomic mass is 10.2. The topological polar surface area (TPSA) is 72.2 Å². The molecular formula is C13H10Br2N2O2S2. The zero-order valence-electron chi connectivity index (χ0n) is 10.5. The van der Waals surface area contributed by atoms with Crippen molar-refractivity contribution in [1.82, 2.24) is 0 Å². The fourth-order valence-electron chi connectivity index (χ4n) is 1.68. The van der Waals surface area contributed by atoms with Gasteiger partial charge in [-0.05, 0) is 40.2 Å². The summed E-state index contributed by atoms with van der Waals surface area (Å²) >= 11 is 11.5. The minimum Gasteiger partial charge on any atom is -0.389 e. The molecule has 2 rings (SSSR count). The van der Waals surface area contributed by atoms with E-state index in [1.807, 2.05) is 0 Å². The molecule has 0 radical (unpaired) electrons. The van der Waals surface area contributed by atoms with Gasteiger partial charge in [0, 0.05) is 14.5 Å². The summed E-state index contributed by atoms with van der Waals surface area (Å²) in [6.07, 6.45) is 0. The summed E-state index contributed by atoms with van der Waals surface area (Å²) in [7, 11) is -3.80. The molecule has 110 valence electrons. The summed E-state index contributed by atoms with van der Waals surface area (Å²) in [6.45, 7) is 0. The first kappa shape index (κ1) is 16.4. The molecule has 4 nitrogen and oxygen atoms in total. The third kappa shape index (κ3) is 3.82. The van der Waals surface area contributed by atoms with E-state index < -0.39 is 10.0 Å². The number of benzene rings is 2. The van der Waals surface area contributed by atoms with E-state index in [1.165, 1.54) is 6.07 Å². The molecule has 0 spiro atoms. The van der Waals surface area contributed by atoms with Gasteiger partial charge in [0.1, 0.15) is 4.99 Å². The van der Waals surface area contributed by atoms with Crippen LogP contribution in [0.4, 0.5) is 5.69 Å². The van der Waals surface area contributed by atoms with Crippen LogP contribution in [0.1, 0.15) is 5.56 Å². The molecule has 8 heteroatoms. The van der Waals surface area contributed by atoms with Crippen molar-refractivity contribution in [2.24, 2.45) is 5.73 Å². The van der Waals surface area contributed by atoms with Crippen LogP contribution < -0.4 is 10.5 Å². The second-order valence-electron chi connectivity index (χ2n) is 4.09. The summed E-state index contributed by atoms with van der Waals surface area (Å²) in [6, 6.07) is 11.5. The molecule has 0 fully saturated rings. The third-order valence-electron chi connectivity index (χ3n) is 2.61. The summed E-state index contributed by atoms with van der Waals surface area (Å²) in [5, 5.41) is 0. The van der Waals surface area contributed by atoms with Crippen molar-refractivity contribution >= 4 is 64.8 Å². The first-order chi connectivity index (χ1) is 9.81. The van der Waals surface area contributed by atoms with Gasteiger partial charge >= 0.3 is 0 Å². The maximum Gasteiger partial charge on any atom is 0.262 e. The Bertz CT molecular complexity index is 808. The van der Waals surface area contributed by atoms with E-state index in [-0.39, 0.29) is 9.88 Å². The normalized spacial score (nSPS) is 11.1. The Morgan fingerprint density at radius 2 is 1.81 bits per heavy atom. The highest BCUT2D eigenvalue weighted by Crippen LogP contribution is 2.29. The molecule has 2 aromatic rings. The van der Waals surface area contributed by atoms with Gasteiger partial charge < -0.3 is 5.73 Å². The minimum atomic E-state index is -3.80. The number of hydrogen-bond donors (Lipinski definition) is 2. The van der Waals surface area contributed by atoms with Crippen molar-refractivity contribution in [1.29, 1.82) is 0 Å². The highest BCUT2D eigenvalue weighted by atomic mass is 79.9. The number of nitrogens with one attached hydrogen (secondary N) is 1.